The molecule has 0 amide bonds. The van der Waals surface area contributed by atoms with Crippen LogP contribution in [0.2, 0.25) is 0 Å². The lowest BCUT2D eigenvalue weighted by Gasteiger charge is -2.35. The van der Waals surface area contributed by atoms with Gasteiger partial charge in [-0.05, 0) is 26.2 Å². The van der Waals surface area contributed by atoms with E-state index in [0.29, 0.717) is 9.71 Å². The molecule has 2 heterocycles. The van der Waals surface area contributed by atoms with Crippen molar-refractivity contribution >= 4 is 51.0 Å². The van der Waals surface area contributed by atoms with Crippen LogP contribution in [-0.2, 0) is 9.53 Å². The van der Waals surface area contributed by atoms with Gasteiger partial charge in [0.1, 0.15) is 0 Å². The molecule has 2 unspecified atom stereocenters. The van der Waals surface area contributed by atoms with E-state index >= 15 is 0 Å². The smallest absolute Gasteiger partial charge is 0.151 e. The van der Waals surface area contributed by atoms with Crippen molar-refractivity contribution < 1.29 is 9.53 Å². The summed E-state index contributed by atoms with van der Waals surface area (Å²) in [5.74, 6) is 0.462. The Morgan fingerprint density at radius 1 is 1.47 bits per heavy atom. The van der Waals surface area contributed by atoms with E-state index in [1.165, 1.54) is 0 Å². The molecule has 2 saturated heterocycles. The highest BCUT2D eigenvalue weighted by molar-refractivity contribution is 14.1. The summed E-state index contributed by atoms with van der Waals surface area (Å²) in [6, 6.07) is 0. The van der Waals surface area contributed by atoms with Crippen LogP contribution >= 0.6 is 45.2 Å². The zero-order chi connectivity index (χ0) is 11.2. The summed E-state index contributed by atoms with van der Waals surface area (Å²) in [5, 5.41) is 0. The zero-order valence-electron chi connectivity index (χ0n) is 9.00. The monoisotopic (exact) mass is 434 g/mol. The lowest BCUT2D eigenvalue weighted by Crippen LogP contribution is -2.43. The van der Waals surface area contributed by atoms with Crippen molar-refractivity contribution in [3.8, 4) is 0 Å². The fraction of sp³-hybridized carbons (Fsp3) is 0.909. The number of ketones is 1. The molecule has 4 heteroatoms. The summed E-state index contributed by atoms with van der Waals surface area (Å²) in [7, 11) is 0. The lowest BCUT2D eigenvalue weighted by atomic mass is 9.93. The fourth-order valence-corrected chi connectivity index (χ4v) is 5.51. The van der Waals surface area contributed by atoms with Gasteiger partial charge < -0.3 is 4.74 Å². The van der Waals surface area contributed by atoms with Crippen LogP contribution in [0.15, 0.2) is 0 Å². The average Bonchev–Trinajstić information content (AvgIpc) is 2.59. The summed E-state index contributed by atoms with van der Waals surface area (Å²) in [6.45, 7) is 4.23. The second-order valence-electron chi connectivity index (χ2n) is 4.87. The molecular weight excluding hydrogens is 418 g/mol. The van der Waals surface area contributed by atoms with Gasteiger partial charge in [0.15, 0.2) is 5.78 Å². The zero-order valence-corrected chi connectivity index (χ0v) is 13.3. The first-order valence-electron chi connectivity index (χ1n) is 5.44. The maximum atomic E-state index is 12.0. The maximum absolute atomic E-state index is 12.0. The summed E-state index contributed by atoms with van der Waals surface area (Å²) >= 11 is 4.75. The van der Waals surface area contributed by atoms with Crippen molar-refractivity contribution in [2.75, 3.05) is 0 Å². The Balaban J connectivity index is 2.26. The highest BCUT2D eigenvalue weighted by atomic mass is 127. The van der Waals surface area contributed by atoms with Crippen molar-refractivity contribution in [3.05, 3.63) is 0 Å². The van der Waals surface area contributed by atoms with Gasteiger partial charge in [-0.15, -0.1) is 0 Å². The molecule has 2 nitrogen and oxygen atoms in total. The van der Waals surface area contributed by atoms with Gasteiger partial charge in [0.05, 0.1) is 15.6 Å². The summed E-state index contributed by atoms with van der Waals surface area (Å²) in [6.07, 6.45) is 3.27. The Morgan fingerprint density at radius 2 is 2.13 bits per heavy atom. The van der Waals surface area contributed by atoms with E-state index in [2.05, 4.69) is 52.1 Å². The number of carbonyl (C=O) groups excluding carboxylic acids is 1. The summed E-state index contributed by atoms with van der Waals surface area (Å²) in [4.78, 5) is 12.0. The van der Waals surface area contributed by atoms with Crippen molar-refractivity contribution in [1.29, 1.82) is 0 Å². The number of hydrogen-bond acceptors (Lipinski definition) is 2. The van der Waals surface area contributed by atoms with Crippen LogP contribution in [0.5, 0.6) is 0 Å². The number of carbonyl (C=O) groups is 1. The van der Waals surface area contributed by atoms with Gasteiger partial charge in [-0.2, -0.15) is 0 Å². The van der Waals surface area contributed by atoms with Crippen LogP contribution in [0.1, 0.15) is 33.1 Å². The van der Waals surface area contributed by atoms with Crippen LogP contribution in [0.4, 0.5) is 0 Å². The van der Waals surface area contributed by atoms with Gasteiger partial charge in [0.2, 0.25) is 0 Å². The van der Waals surface area contributed by atoms with Gasteiger partial charge in [0.25, 0.3) is 0 Å². The molecule has 0 aromatic rings. The van der Waals surface area contributed by atoms with Crippen LogP contribution in [-0.4, -0.2) is 25.3 Å². The third kappa shape index (κ3) is 2.22. The van der Waals surface area contributed by atoms with Gasteiger partial charge in [-0.25, -0.2) is 0 Å². The van der Waals surface area contributed by atoms with E-state index in [-0.39, 0.29) is 21.5 Å². The van der Waals surface area contributed by atoms with Crippen LogP contribution < -0.4 is 0 Å². The topological polar surface area (TPSA) is 26.3 Å². The quantitative estimate of drug-likeness (QED) is 0.433. The molecule has 15 heavy (non-hydrogen) atoms. The lowest BCUT2D eigenvalue weighted by molar-refractivity contribution is -0.131. The second kappa shape index (κ2) is 4.40. The first-order valence-corrected chi connectivity index (χ1v) is 7.93. The Labute approximate surface area is 118 Å². The van der Waals surface area contributed by atoms with Gasteiger partial charge in [0, 0.05) is 9.84 Å². The maximum Gasteiger partial charge on any atom is 0.151 e. The number of hydrogen-bond donors (Lipinski definition) is 0. The molecule has 2 bridgehead atoms. The predicted molar refractivity (Wildman–Crippen MR) is 76.9 cm³/mol. The third-order valence-electron chi connectivity index (χ3n) is 3.74. The predicted octanol–water partition coefficient (Wildman–Crippen LogP) is 3.14. The molecule has 0 radical (unpaired) electrons. The number of fused-ring (bicyclic) bond motifs is 2. The first kappa shape index (κ1) is 12.5. The largest absolute Gasteiger partial charge is 0.370 e. The average molecular weight is 434 g/mol. The minimum atomic E-state index is 0.00358. The molecule has 2 rings (SSSR count). The van der Waals surface area contributed by atoms with Crippen molar-refractivity contribution in [1.82, 2.24) is 0 Å². The number of Topliss-reactive ketones (excluding diaryl/α,β-unsaturated/α-hetero) is 1. The fourth-order valence-electron chi connectivity index (χ4n) is 2.49. The number of ether oxygens (including phenoxy) is 1. The Bertz CT molecular complexity index is 282. The highest BCUT2D eigenvalue weighted by Crippen LogP contribution is 2.44. The molecule has 86 valence electrons. The van der Waals surface area contributed by atoms with Crippen LogP contribution in [0.3, 0.4) is 0 Å². The van der Waals surface area contributed by atoms with E-state index in [0.717, 1.165) is 19.3 Å². The van der Waals surface area contributed by atoms with Gasteiger partial charge >= 0.3 is 0 Å². The third-order valence-corrected chi connectivity index (χ3v) is 6.69. The molecule has 5 atom stereocenters. The van der Waals surface area contributed by atoms with Gasteiger partial charge in [-0.3, -0.25) is 4.79 Å². The molecule has 2 fully saturated rings. The Kier molecular flexibility index (Phi) is 3.68. The molecule has 0 N–H and O–H groups in total. The molecule has 0 spiro atoms. The number of halogens is 2. The number of rotatable bonds is 0. The van der Waals surface area contributed by atoms with Crippen molar-refractivity contribution in [2.24, 2.45) is 5.92 Å². The minimum Gasteiger partial charge on any atom is -0.370 e. The summed E-state index contributed by atoms with van der Waals surface area (Å²) in [5.41, 5.74) is 0.00358. The standard InChI is InChI=1S/C11H16I2O2/c1-6-8-3-4-11(2,15-8)9(13)5-7(12)10(6)14/h6-9H,3-5H2,1-2H3/t6?,7-,8+,9?,11-/m1/s1. The molecular formula is C11H16I2O2. The van der Waals surface area contributed by atoms with Gasteiger partial charge in [-0.1, -0.05) is 52.1 Å². The molecule has 2 aliphatic rings. The molecule has 0 aliphatic carbocycles. The summed E-state index contributed by atoms with van der Waals surface area (Å²) < 4.78 is 6.73. The Morgan fingerprint density at radius 3 is 2.80 bits per heavy atom. The highest BCUT2D eigenvalue weighted by Gasteiger charge is 2.48. The van der Waals surface area contributed by atoms with E-state index in [1.54, 1.807) is 0 Å². The first-order chi connectivity index (χ1) is 6.94. The van der Waals surface area contributed by atoms with Crippen molar-refractivity contribution in [3.63, 3.8) is 0 Å². The SMILES string of the molecule is CC1C(=O)[C@H](I)CC(I)[C@@]2(C)CC[C@@H]1O2. The van der Waals surface area contributed by atoms with E-state index in [4.69, 9.17) is 4.74 Å². The van der Waals surface area contributed by atoms with E-state index in [9.17, 15) is 4.79 Å². The normalized spacial score (nSPS) is 51.3. The van der Waals surface area contributed by atoms with Crippen LogP contribution in [0, 0.1) is 5.92 Å². The molecule has 0 aromatic carbocycles. The second-order valence-corrected chi connectivity index (χ2v) is 7.88. The molecule has 0 aromatic heterocycles. The molecule has 0 saturated carbocycles. The van der Waals surface area contributed by atoms with E-state index in [1.807, 2.05) is 6.92 Å². The molecule has 2 aliphatic heterocycles. The Hall–Kier alpha value is 1.09. The van der Waals surface area contributed by atoms with Crippen molar-refractivity contribution in [2.45, 2.75) is 52.7 Å². The number of alkyl halides is 2. The van der Waals surface area contributed by atoms with Crippen LogP contribution in [0.25, 0.3) is 0 Å². The van der Waals surface area contributed by atoms with E-state index < -0.39 is 0 Å². The minimum absolute atomic E-state index is 0.00358.